The second-order valence-electron chi connectivity index (χ2n) is 3.58. The van der Waals surface area contributed by atoms with Gasteiger partial charge in [0, 0.05) is 12.4 Å². The Bertz CT molecular complexity index is 265. The molecule has 0 saturated carbocycles. The summed E-state index contributed by atoms with van der Waals surface area (Å²) < 4.78 is 0. The van der Waals surface area contributed by atoms with E-state index in [1.807, 2.05) is 0 Å². The van der Waals surface area contributed by atoms with Crippen molar-refractivity contribution < 1.29 is 0 Å². The van der Waals surface area contributed by atoms with Crippen LogP contribution in [-0.4, -0.2) is 23.5 Å². The van der Waals surface area contributed by atoms with Crippen LogP contribution in [0.2, 0.25) is 0 Å². The first kappa shape index (κ1) is 6.77. The Balaban J connectivity index is 2.48. The van der Waals surface area contributed by atoms with Crippen LogP contribution in [0, 0.1) is 0 Å². The van der Waals surface area contributed by atoms with Crippen molar-refractivity contribution in [3.8, 4) is 0 Å². The molecule has 1 heterocycles. The van der Waals surface area contributed by atoms with Crippen molar-refractivity contribution >= 4 is 12.4 Å². The molecule has 0 aromatic carbocycles. The minimum Gasteiger partial charge on any atom is -0.282 e. The molecule has 0 radical (unpaired) electrons. The number of aliphatic imine (C=N–C) groups is 2. The number of hydrogen-bond acceptors (Lipinski definition) is 2. The van der Waals surface area contributed by atoms with Crippen LogP contribution >= 0.6 is 0 Å². The molecular formula is C9H12N2. The summed E-state index contributed by atoms with van der Waals surface area (Å²) >= 11 is 0. The van der Waals surface area contributed by atoms with E-state index in [1.165, 1.54) is 0 Å². The summed E-state index contributed by atoms with van der Waals surface area (Å²) in [6.45, 7) is 4.28. The molecule has 1 aliphatic heterocycles. The maximum absolute atomic E-state index is 4.46. The van der Waals surface area contributed by atoms with Gasteiger partial charge in [-0.1, -0.05) is 12.2 Å². The fraction of sp³-hybridized carbons (Fsp3) is 0.556. The first-order valence-corrected chi connectivity index (χ1v) is 3.93. The van der Waals surface area contributed by atoms with Crippen molar-refractivity contribution in [2.75, 3.05) is 0 Å². The summed E-state index contributed by atoms with van der Waals surface area (Å²) in [6, 6.07) is 0. The molecular weight excluding hydrogens is 136 g/mol. The third kappa shape index (κ3) is 0.724. The fourth-order valence-corrected chi connectivity index (χ4v) is 1.66. The molecule has 0 fully saturated rings. The molecule has 2 nitrogen and oxygen atoms in total. The standard InChI is InChI=1S/C9H12N2/c1-8-4-3-5-9(8,2)11-7-6-10-8/h3-4,6-7H,5H2,1-2H3. The van der Waals surface area contributed by atoms with Crippen molar-refractivity contribution in [1.82, 2.24) is 0 Å². The Morgan fingerprint density at radius 1 is 1.18 bits per heavy atom. The summed E-state index contributed by atoms with van der Waals surface area (Å²) in [5, 5.41) is 0. The lowest BCUT2D eigenvalue weighted by atomic mass is 9.83. The smallest absolute Gasteiger partial charge is 0.101 e. The number of nitrogens with zero attached hydrogens (tertiary/aromatic N) is 2. The normalized spacial score (nSPS) is 46.4. The predicted octanol–water partition coefficient (Wildman–Crippen LogP) is 1.62. The molecule has 58 valence electrons. The molecule has 0 N–H and O–H groups in total. The fourth-order valence-electron chi connectivity index (χ4n) is 1.66. The van der Waals surface area contributed by atoms with Crippen molar-refractivity contribution in [2.24, 2.45) is 9.98 Å². The zero-order valence-electron chi connectivity index (χ0n) is 6.91. The van der Waals surface area contributed by atoms with Crippen LogP contribution in [0.4, 0.5) is 0 Å². The van der Waals surface area contributed by atoms with E-state index in [0.717, 1.165) is 6.42 Å². The largest absolute Gasteiger partial charge is 0.282 e. The molecule has 11 heavy (non-hydrogen) atoms. The van der Waals surface area contributed by atoms with E-state index in [0.29, 0.717) is 0 Å². The van der Waals surface area contributed by atoms with Gasteiger partial charge >= 0.3 is 0 Å². The second-order valence-corrected chi connectivity index (χ2v) is 3.58. The molecule has 0 amide bonds. The number of rotatable bonds is 0. The van der Waals surface area contributed by atoms with Crippen LogP contribution in [0.3, 0.4) is 0 Å². The molecule has 0 saturated heterocycles. The molecule has 2 rings (SSSR count). The quantitative estimate of drug-likeness (QED) is 0.466. The SMILES string of the molecule is CC12C=CCC1(C)N=CC=N2. The summed E-state index contributed by atoms with van der Waals surface area (Å²) in [5.74, 6) is 0. The lowest BCUT2D eigenvalue weighted by Crippen LogP contribution is -2.44. The number of hydrogen-bond donors (Lipinski definition) is 0. The minimum absolute atomic E-state index is 0.0122. The van der Waals surface area contributed by atoms with Crippen LogP contribution in [0.5, 0.6) is 0 Å². The van der Waals surface area contributed by atoms with E-state index in [2.05, 4.69) is 36.0 Å². The van der Waals surface area contributed by atoms with Gasteiger partial charge in [-0.05, 0) is 20.3 Å². The van der Waals surface area contributed by atoms with Crippen molar-refractivity contribution in [1.29, 1.82) is 0 Å². The van der Waals surface area contributed by atoms with Gasteiger partial charge in [0.1, 0.15) is 5.54 Å². The van der Waals surface area contributed by atoms with E-state index in [-0.39, 0.29) is 11.1 Å². The van der Waals surface area contributed by atoms with E-state index in [1.54, 1.807) is 12.4 Å². The molecule has 2 aliphatic rings. The van der Waals surface area contributed by atoms with Crippen molar-refractivity contribution in [3.05, 3.63) is 12.2 Å². The van der Waals surface area contributed by atoms with E-state index in [9.17, 15) is 0 Å². The van der Waals surface area contributed by atoms with E-state index in [4.69, 9.17) is 0 Å². The summed E-state index contributed by atoms with van der Waals surface area (Å²) in [7, 11) is 0. The zero-order chi connectivity index (χ0) is 7.95. The minimum atomic E-state index is -0.0816. The van der Waals surface area contributed by atoms with Crippen LogP contribution in [0.15, 0.2) is 22.1 Å². The van der Waals surface area contributed by atoms with Crippen LogP contribution in [0.1, 0.15) is 20.3 Å². The summed E-state index contributed by atoms with van der Waals surface area (Å²) in [4.78, 5) is 8.89. The third-order valence-electron chi connectivity index (χ3n) is 2.82. The average Bonchev–Trinajstić information content (AvgIpc) is 2.25. The topological polar surface area (TPSA) is 24.7 Å². The van der Waals surface area contributed by atoms with Gasteiger partial charge in [-0.25, -0.2) is 0 Å². The molecule has 2 atom stereocenters. The lowest BCUT2D eigenvalue weighted by molar-refractivity contribution is 0.348. The van der Waals surface area contributed by atoms with Gasteiger partial charge in [0.25, 0.3) is 0 Å². The maximum atomic E-state index is 4.46. The van der Waals surface area contributed by atoms with E-state index >= 15 is 0 Å². The molecule has 2 unspecified atom stereocenters. The third-order valence-corrected chi connectivity index (χ3v) is 2.82. The Morgan fingerprint density at radius 3 is 2.64 bits per heavy atom. The van der Waals surface area contributed by atoms with Gasteiger partial charge < -0.3 is 0 Å². The van der Waals surface area contributed by atoms with Gasteiger partial charge in [0.05, 0.1) is 5.54 Å². The lowest BCUT2D eigenvalue weighted by Gasteiger charge is -2.35. The van der Waals surface area contributed by atoms with Crippen LogP contribution in [-0.2, 0) is 0 Å². The van der Waals surface area contributed by atoms with Gasteiger partial charge in [0.2, 0.25) is 0 Å². The highest BCUT2D eigenvalue weighted by molar-refractivity contribution is 6.17. The van der Waals surface area contributed by atoms with Gasteiger partial charge in [0.15, 0.2) is 0 Å². The molecule has 0 aromatic heterocycles. The Hall–Kier alpha value is -0.920. The second kappa shape index (κ2) is 1.81. The molecule has 1 aliphatic carbocycles. The summed E-state index contributed by atoms with van der Waals surface area (Å²) in [5.41, 5.74) is -0.0938. The number of fused-ring (bicyclic) bond motifs is 1. The maximum Gasteiger partial charge on any atom is 0.101 e. The highest BCUT2D eigenvalue weighted by atomic mass is 15.0. The summed E-state index contributed by atoms with van der Waals surface area (Å²) in [6.07, 6.45) is 8.92. The van der Waals surface area contributed by atoms with Crippen molar-refractivity contribution in [2.45, 2.75) is 31.3 Å². The van der Waals surface area contributed by atoms with Crippen LogP contribution < -0.4 is 0 Å². The van der Waals surface area contributed by atoms with Gasteiger partial charge in [-0.2, -0.15) is 0 Å². The highest BCUT2D eigenvalue weighted by Crippen LogP contribution is 2.40. The first-order chi connectivity index (χ1) is 5.16. The average molecular weight is 148 g/mol. The van der Waals surface area contributed by atoms with Crippen molar-refractivity contribution in [3.63, 3.8) is 0 Å². The molecule has 0 spiro atoms. The Kier molecular flexibility index (Phi) is 1.12. The van der Waals surface area contributed by atoms with Gasteiger partial charge in [-0.15, -0.1) is 0 Å². The Morgan fingerprint density at radius 2 is 1.91 bits per heavy atom. The van der Waals surface area contributed by atoms with Crippen LogP contribution in [0.25, 0.3) is 0 Å². The highest BCUT2D eigenvalue weighted by Gasteiger charge is 2.45. The monoisotopic (exact) mass is 148 g/mol. The first-order valence-electron chi connectivity index (χ1n) is 3.93. The Labute approximate surface area is 66.7 Å². The molecule has 0 bridgehead atoms. The predicted molar refractivity (Wildman–Crippen MR) is 47.6 cm³/mol. The van der Waals surface area contributed by atoms with Gasteiger partial charge in [-0.3, -0.25) is 9.98 Å². The zero-order valence-corrected chi connectivity index (χ0v) is 6.91. The molecule has 2 heteroatoms. The molecule has 0 aromatic rings. The van der Waals surface area contributed by atoms with E-state index < -0.39 is 0 Å².